The molecule has 0 radical (unpaired) electrons. The molecule has 2 saturated heterocycles. The summed E-state index contributed by atoms with van der Waals surface area (Å²) in [5.41, 5.74) is 1.75. The van der Waals surface area contributed by atoms with Crippen LogP contribution in [-0.4, -0.2) is 53.3 Å². The number of amides is 2. The van der Waals surface area contributed by atoms with Crippen LogP contribution < -0.4 is 5.32 Å². The maximum absolute atomic E-state index is 12.8. The van der Waals surface area contributed by atoms with E-state index in [9.17, 15) is 9.59 Å². The van der Waals surface area contributed by atoms with Crippen molar-refractivity contribution in [3.05, 3.63) is 35.4 Å². The van der Waals surface area contributed by atoms with Crippen LogP contribution in [0, 0.1) is 0 Å². The van der Waals surface area contributed by atoms with Crippen LogP contribution in [0.3, 0.4) is 0 Å². The van der Waals surface area contributed by atoms with Crippen molar-refractivity contribution in [3.8, 4) is 0 Å². The first kappa shape index (κ1) is 16.0. The van der Waals surface area contributed by atoms with Crippen molar-refractivity contribution in [2.45, 2.75) is 45.3 Å². The minimum atomic E-state index is 0.0831. The van der Waals surface area contributed by atoms with Gasteiger partial charge in [-0.05, 0) is 38.0 Å². The number of piperazine rings is 1. The second-order valence-electron chi connectivity index (χ2n) is 6.80. The molecular formula is C18H25N3O2. The quantitative estimate of drug-likeness (QED) is 0.922. The zero-order valence-corrected chi connectivity index (χ0v) is 13.9. The molecule has 5 heteroatoms. The summed E-state index contributed by atoms with van der Waals surface area (Å²) in [6.07, 6.45) is 1.59. The van der Waals surface area contributed by atoms with E-state index in [1.54, 1.807) is 0 Å². The third kappa shape index (κ3) is 3.72. The van der Waals surface area contributed by atoms with Crippen molar-refractivity contribution in [1.82, 2.24) is 15.1 Å². The summed E-state index contributed by atoms with van der Waals surface area (Å²) in [4.78, 5) is 28.3. The molecule has 1 aromatic carbocycles. The second kappa shape index (κ2) is 6.71. The molecule has 23 heavy (non-hydrogen) atoms. The molecule has 124 valence electrons. The van der Waals surface area contributed by atoms with Crippen LogP contribution in [0.25, 0.3) is 0 Å². The maximum atomic E-state index is 12.8. The summed E-state index contributed by atoms with van der Waals surface area (Å²) in [7, 11) is 0. The Morgan fingerprint density at radius 3 is 2.65 bits per heavy atom. The topological polar surface area (TPSA) is 52.7 Å². The van der Waals surface area contributed by atoms with Gasteiger partial charge in [-0.15, -0.1) is 0 Å². The second-order valence-corrected chi connectivity index (χ2v) is 6.80. The number of nitrogens with one attached hydrogen (secondary N) is 1. The standard InChI is InChI=1S/C18H25N3O2/c1-13-10-21(11-14(2)19-13)18(23)16-6-3-5-15(9-16)12-20-8-4-7-17(20)22/h3,5-6,9,13-14,19H,4,7-8,10-12H2,1-2H3/t13-,14-/m0/s1. The Kier molecular flexibility index (Phi) is 4.66. The van der Waals surface area contributed by atoms with E-state index in [1.165, 1.54) is 0 Å². The normalized spacial score (nSPS) is 25.0. The maximum Gasteiger partial charge on any atom is 0.253 e. The minimum Gasteiger partial charge on any atom is -0.338 e. The van der Waals surface area contributed by atoms with Crippen molar-refractivity contribution in [3.63, 3.8) is 0 Å². The number of carbonyl (C=O) groups is 2. The van der Waals surface area contributed by atoms with Gasteiger partial charge in [0.2, 0.25) is 5.91 Å². The van der Waals surface area contributed by atoms with Gasteiger partial charge < -0.3 is 15.1 Å². The first-order chi connectivity index (χ1) is 11.0. The summed E-state index contributed by atoms with van der Waals surface area (Å²) < 4.78 is 0. The molecule has 2 fully saturated rings. The number of hydrogen-bond donors (Lipinski definition) is 1. The van der Waals surface area contributed by atoms with E-state index in [0.29, 0.717) is 25.0 Å². The molecule has 0 aliphatic carbocycles. The highest BCUT2D eigenvalue weighted by Gasteiger charge is 2.26. The number of carbonyl (C=O) groups excluding carboxylic acids is 2. The van der Waals surface area contributed by atoms with E-state index < -0.39 is 0 Å². The molecular weight excluding hydrogens is 290 g/mol. The Labute approximate surface area is 137 Å². The van der Waals surface area contributed by atoms with Gasteiger partial charge in [-0.3, -0.25) is 9.59 Å². The van der Waals surface area contributed by atoms with E-state index in [2.05, 4.69) is 19.2 Å². The molecule has 2 aliphatic heterocycles. The summed E-state index contributed by atoms with van der Waals surface area (Å²) in [6.45, 7) is 7.10. The van der Waals surface area contributed by atoms with Crippen LogP contribution in [0.15, 0.2) is 24.3 Å². The Morgan fingerprint density at radius 2 is 2.00 bits per heavy atom. The molecule has 2 amide bonds. The molecule has 0 bridgehead atoms. The van der Waals surface area contributed by atoms with Gasteiger partial charge in [-0.2, -0.15) is 0 Å². The predicted molar refractivity (Wildman–Crippen MR) is 89.1 cm³/mol. The Balaban J connectivity index is 1.71. The number of benzene rings is 1. The van der Waals surface area contributed by atoms with Crippen LogP contribution in [-0.2, 0) is 11.3 Å². The lowest BCUT2D eigenvalue weighted by atomic mass is 10.1. The molecule has 0 saturated carbocycles. The minimum absolute atomic E-state index is 0.0831. The molecule has 2 heterocycles. The van der Waals surface area contributed by atoms with Gasteiger partial charge >= 0.3 is 0 Å². The van der Waals surface area contributed by atoms with Crippen molar-refractivity contribution >= 4 is 11.8 Å². The lowest BCUT2D eigenvalue weighted by molar-refractivity contribution is -0.128. The number of rotatable bonds is 3. The fourth-order valence-corrected chi connectivity index (χ4v) is 3.57. The fraction of sp³-hybridized carbons (Fsp3) is 0.556. The summed E-state index contributed by atoms with van der Waals surface area (Å²) in [5.74, 6) is 0.297. The Morgan fingerprint density at radius 1 is 1.26 bits per heavy atom. The lowest BCUT2D eigenvalue weighted by Crippen LogP contribution is -2.55. The largest absolute Gasteiger partial charge is 0.338 e. The van der Waals surface area contributed by atoms with Gasteiger partial charge in [-0.1, -0.05) is 12.1 Å². The van der Waals surface area contributed by atoms with Crippen LogP contribution in [0.5, 0.6) is 0 Å². The highest BCUT2D eigenvalue weighted by Crippen LogP contribution is 2.17. The van der Waals surface area contributed by atoms with Crippen LogP contribution in [0.2, 0.25) is 0 Å². The molecule has 0 spiro atoms. The van der Waals surface area contributed by atoms with E-state index in [0.717, 1.165) is 37.2 Å². The molecule has 0 unspecified atom stereocenters. The molecule has 1 aromatic rings. The fourth-order valence-electron chi connectivity index (χ4n) is 3.57. The Hall–Kier alpha value is -1.88. The van der Waals surface area contributed by atoms with Gasteiger partial charge in [0.1, 0.15) is 0 Å². The molecule has 2 atom stereocenters. The average molecular weight is 315 g/mol. The summed E-state index contributed by atoms with van der Waals surface area (Å²) in [6, 6.07) is 8.34. The van der Waals surface area contributed by atoms with Crippen LogP contribution in [0.4, 0.5) is 0 Å². The smallest absolute Gasteiger partial charge is 0.253 e. The van der Waals surface area contributed by atoms with Crippen molar-refractivity contribution < 1.29 is 9.59 Å². The van der Waals surface area contributed by atoms with Crippen molar-refractivity contribution in [1.29, 1.82) is 0 Å². The molecule has 0 aromatic heterocycles. The van der Waals surface area contributed by atoms with Gasteiger partial charge in [0.25, 0.3) is 5.91 Å². The van der Waals surface area contributed by atoms with Crippen LogP contribution >= 0.6 is 0 Å². The Bertz CT molecular complexity index is 592. The average Bonchev–Trinajstić information content (AvgIpc) is 2.91. The molecule has 5 nitrogen and oxygen atoms in total. The number of likely N-dealkylation sites (tertiary alicyclic amines) is 1. The van der Waals surface area contributed by atoms with Gasteiger partial charge in [0.05, 0.1) is 0 Å². The summed E-state index contributed by atoms with van der Waals surface area (Å²) >= 11 is 0. The first-order valence-corrected chi connectivity index (χ1v) is 8.45. The van der Waals surface area contributed by atoms with Crippen molar-refractivity contribution in [2.75, 3.05) is 19.6 Å². The van der Waals surface area contributed by atoms with Crippen molar-refractivity contribution in [2.24, 2.45) is 0 Å². The van der Waals surface area contributed by atoms with E-state index in [1.807, 2.05) is 34.1 Å². The molecule has 3 rings (SSSR count). The summed E-state index contributed by atoms with van der Waals surface area (Å²) in [5, 5.41) is 3.44. The molecule has 2 aliphatic rings. The highest BCUT2D eigenvalue weighted by atomic mass is 16.2. The highest BCUT2D eigenvalue weighted by molar-refractivity contribution is 5.94. The van der Waals surface area contributed by atoms with E-state index in [-0.39, 0.29) is 11.8 Å². The zero-order valence-electron chi connectivity index (χ0n) is 13.9. The lowest BCUT2D eigenvalue weighted by Gasteiger charge is -2.36. The van der Waals surface area contributed by atoms with Gasteiger partial charge in [0, 0.05) is 50.2 Å². The van der Waals surface area contributed by atoms with Crippen LogP contribution in [0.1, 0.15) is 42.6 Å². The van der Waals surface area contributed by atoms with Gasteiger partial charge in [0.15, 0.2) is 0 Å². The SMILES string of the molecule is C[C@H]1CN(C(=O)c2cccc(CN3CCCC3=O)c2)C[C@H](C)N1. The van der Waals surface area contributed by atoms with E-state index in [4.69, 9.17) is 0 Å². The number of nitrogens with zero attached hydrogens (tertiary/aromatic N) is 2. The van der Waals surface area contributed by atoms with E-state index >= 15 is 0 Å². The van der Waals surface area contributed by atoms with Gasteiger partial charge in [-0.25, -0.2) is 0 Å². The third-order valence-corrected chi connectivity index (χ3v) is 4.56. The predicted octanol–water partition coefficient (Wildman–Crippen LogP) is 1.63. The molecule has 1 N–H and O–H groups in total. The third-order valence-electron chi connectivity index (χ3n) is 4.56. The first-order valence-electron chi connectivity index (χ1n) is 8.45. The monoisotopic (exact) mass is 315 g/mol. The zero-order chi connectivity index (χ0) is 16.4. The number of hydrogen-bond acceptors (Lipinski definition) is 3.